The molecule has 0 N–H and O–H groups in total. The van der Waals surface area contributed by atoms with Crippen LogP contribution in [0, 0.1) is 0 Å². The van der Waals surface area contributed by atoms with Crippen LogP contribution in [-0.2, 0) is 22.7 Å². The Hall–Kier alpha value is -3.79. The Labute approximate surface area is 190 Å². The highest BCUT2D eigenvalue weighted by atomic mass is 32.1. The number of benzene rings is 2. The molecule has 0 spiro atoms. The lowest BCUT2D eigenvalue weighted by molar-refractivity contribution is -0.145. The maximum Gasteiger partial charge on any atom is 0.387 e. The fraction of sp³-hybridized carbons (Fsp3) is 0.174. The van der Waals surface area contributed by atoms with Crippen molar-refractivity contribution in [2.45, 2.75) is 19.8 Å². The Balaban J connectivity index is 1.43. The smallest absolute Gasteiger partial charge is 0.387 e. The van der Waals surface area contributed by atoms with Crippen LogP contribution in [0.15, 0.2) is 65.7 Å². The summed E-state index contributed by atoms with van der Waals surface area (Å²) < 4.78 is 40.7. The maximum absolute atomic E-state index is 12.8. The predicted molar refractivity (Wildman–Crippen MR) is 119 cm³/mol. The molecule has 2 aromatic heterocycles. The SMILES string of the molecule is COc1ccc(-c2cc3ncn(CC(=O)OCc4ccc(OC(F)F)cc4)c(=O)c3s2)cc1. The average molecular weight is 472 g/mol. The van der Waals surface area contributed by atoms with Crippen molar-refractivity contribution in [2.75, 3.05) is 7.11 Å². The van der Waals surface area contributed by atoms with Crippen molar-refractivity contribution in [1.82, 2.24) is 9.55 Å². The molecule has 0 unspecified atom stereocenters. The number of nitrogens with zero attached hydrogens (tertiary/aromatic N) is 2. The molecule has 0 saturated heterocycles. The van der Waals surface area contributed by atoms with Gasteiger partial charge in [-0.25, -0.2) is 4.98 Å². The van der Waals surface area contributed by atoms with Crippen LogP contribution in [0.2, 0.25) is 0 Å². The number of rotatable bonds is 8. The lowest BCUT2D eigenvalue weighted by atomic mass is 10.2. The number of methoxy groups -OCH3 is 1. The second-order valence-electron chi connectivity index (χ2n) is 6.91. The second-order valence-corrected chi connectivity index (χ2v) is 7.97. The van der Waals surface area contributed by atoms with Crippen molar-refractivity contribution in [3.63, 3.8) is 0 Å². The van der Waals surface area contributed by atoms with Gasteiger partial charge in [-0.05, 0) is 53.6 Å². The van der Waals surface area contributed by atoms with Gasteiger partial charge in [0.25, 0.3) is 5.56 Å². The standard InChI is InChI=1S/C23H18F2N2O5S/c1-30-16-8-4-15(5-9-16)19-10-18-21(33-19)22(29)27(13-26-18)11-20(28)31-12-14-2-6-17(7-3-14)32-23(24)25/h2-10,13,23H,11-12H2,1H3. The summed E-state index contributed by atoms with van der Waals surface area (Å²) in [6.07, 6.45) is 1.31. The maximum atomic E-state index is 12.8. The molecular formula is C23H18F2N2O5S. The summed E-state index contributed by atoms with van der Waals surface area (Å²) in [5.74, 6) is 0.116. The second kappa shape index (κ2) is 9.78. The fourth-order valence-electron chi connectivity index (χ4n) is 3.07. The van der Waals surface area contributed by atoms with Crippen LogP contribution in [0.3, 0.4) is 0 Å². The number of hydrogen-bond donors (Lipinski definition) is 0. The Morgan fingerprint density at radius 1 is 1.09 bits per heavy atom. The van der Waals surface area contributed by atoms with E-state index in [4.69, 9.17) is 9.47 Å². The number of alkyl halides is 2. The van der Waals surface area contributed by atoms with Crippen LogP contribution >= 0.6 is 11.3 Å². The van der Waals surface area contributed by atoms with Crippen molar-refractivity contribution in [3.8, 4) is 21.9 Å². The average Bonchev–Trinajstić information content (AvgIpc) is 3.25. The van der Waals surface area contributed by atoms with Gasteiger partial charge in [-0.15, -0.1) is 11.3 Å². The molecule has 2 heterocycles. The Bertz CT molecular complexity index is 1320. The molecule has 2 aromatic carbocycles. The molecule has 10 heteroatoms. The molecule has 0 bridgehead atoms. The number of esters is 1. The zero-order valence-electron chi connectivity index (χ0n) is 17.4. The quantitative estimate of drug-likeness (QED) is 0.352. The summed E-state index contributed by atoms with van der Waals surface area (Å²) >= 11 is 1.29. The van der Waals surface area contributed by atoms with Gasteiger partial charge < -0.3 is 14.2 Å². The van der Waals surface area contributed by atoms with E-state index in [1.807, 2.05) is 30.3 Å². The minimum atomic E-state index is -2.91. The molecule has 0 amide bonds. The number of carbonyl (C=O) groups is 1. The highest BCUT2D eigenvalue weighted by Crippen LogP contribution is 2.31. The molecule has 0 aliphatic carbocycles. The molecule has 170 valence electrons. The van der Waals surface area contributed by atoms with E-state index in [2.05, 4.69) is 9.72 Å². The van der Waals surface area contributed by atoms with Gasteiger partial charge in [0.2, 0.25) is 0 Å². The van der Waals surface area contributed by atoms with E-state index < -0.39 is 12.6 Å². The number of fused-ring (bicyclic) bond motifs is 1. The van der Waals surface area contributed by atoms with E-state index in [-0.39, 0.29) is 24.5 Å². The van der Waals surface area contributed by atoms with Crippen LogP contribution in [0.1, 0.15) is 5.56 Å². The first-order chi connectivity index (χ1) is 15.9. The van der Waals surface area contributed by atoms with Crippen LogP contribution < -0.4 is 15.0 Å². The summed E-state index contributed by atoms with van der Waals surface area (Å²) in [7, 11) is 1.59. The van der Waals surface area contributed by atoms with Crippen LogP contribution in [0.5, 0.6) is 11.5 Å². The Morgan fingerprint density at radius 3 is 2.45 bits per heavy atom. The van der Waals surface area contributed by atoms with Gasteiger partial charge in [0.05, 0.1) is 19.0 Å². The molecule has 0 radical (unpaired) electrons. The summed E-state index contributed by atoms with van der Waals surface area (Å²) in [6.45, 7) is -3.28. The third-order valence-electron chi connectivity index (χ3n) is 4.73. The zero-order valence-corrected chi connectivity index (χ0v) is 18.2. The highest BCUT2D eigenvalue weighted by molar-refractivity contribution is 7.22. The minimum Gasteiger partial charge on any atom is -0.497 e. The van der Waals surface area contributed by atoms with Crippen LogP contribution in [0.4, 0.5) is 8.78 Å². The first-order valence-electron chi connectivity index (χ1n) is 9.75. The van der Waals surface area contributed by atoms with Crippen LogP contribution in [0.25, 0.3) is 20.7 Å². The molecule has 4 rings (SSSR count). The van der Waals surface area contributed by atoms with E-state index >= 15 is 0 Å². The summed E-state index contributed by atoms with van der Waals surface area (Å²) in [5.41, 5.74) is 1.73. The number of carbonyl (C=O) groups excluding carboxylic acids is 1. The van der Waals surface area contributed by atoms with Gasteiger partial charge in [-0.2, -0.15) is 8.78 Å². The van der Waals surface area contributed by atoms with Crippen molar-refractivity contribution < 1.29 is 27.8 Å². The molecule has 0 saturated carbocycles. The minimum absolute atomic E-state index is 0.0102. The number of ether oxygens (including phenoxy) is 3. The number of hydrogen-bond acceptors (Lipinski definition) is 7. The zero-order chi connectivity index (χ0) is 23.4. The van der Waals surface area contributed by atoms with Gasteiger partial charge in [0.15, 0.2) is 0 Å². The van der Waals surface area contributed by atoms with Gasteiger partial charge in [-0.1, -0.05) is 12.1 Å². The number of halogens is 2. The van der Waals surface area contributed by atoms with Crippen molar-refractivity contribution in [3.05, 3.63) is 76.8 Å². The molecule has 0 aliphatic rings. The van der Waals surface area contributed by atoms with E-state index in [0.29, 0.717) is 15.8 Å². The van der Waals surface area contributed by atoms with E-state index in [9.17, 15) is 18.4 Å². The normalized spacial score (nSPS) is 11.0. The topological polar surface area (TPSA) is 79.7 Å². The highest BCUT2D eigenvalue weighted by Gasteiger charge is 2.13. The molecule has 7 nitrogen and oxygen atoms in total. The number of aromatic nitrogens is 2. The third-order valence-corrected chi connectivity index (χ3v) is 5.89. The summed E-state index contributed by atoms with van der Waals surface area (Å²) in [4.78, 5) is 30.2. The van der Waals surface area contributed by atoms with Crippen molar-refractivity contribution in [1.29, 1.82) is 0 Å². The molecule has 0 fully saturated rings. The van der Waals surface area contributed by atoms with Gasteiger partial charge in [0, 0.05) is 4.88 Å². The summed E-state index contributed by atoms with van der Waals surface area (Å²) in [6, 6.07) is 15.0. The van der Waals surface area contributed by atoms with Gasteiger partial charge in [-0.3, -0.25) is 14.2 Å². The lowest BCUT2D eigenvalue weighted by Crippen LogP contribution is -2.25. The van der Waals surface area contributed by atoms with Gasteiger partial charge in [0.1, 0.15) is 29.4 Å². The first kappa shape index (κ1) is 22.4. The first-order valence-corrected chi connectivity index (χ1v) is 10.6. The van der Waals surface area contributed by atoms with Crippen molar-refractivity contribution >= 4 is 27.5 Å². The third kappa shape index (κ3) is 5.35. The van der Waals surface area contributed by atoms with Crippen LogP contribution in [-0.4, -0.2) is 29.2 Å². The monoisotopic (exact) mass is 472 g/mol. The lowest BCUT2D eigenvalue weighted by Gasteiger charge is -2.08. The molecular weight excluding hydrogens is 454 g/mol. The molecule has 33 heavy (non-hydrogen) atoms. The fourth-order valence-corrected chi connectivity index (χ4v) is 4.14. The number of thiophene rings is 1. The largest absolute Gasteiger partial charge is 0.497 e. The van der Waals surface area contributed by atoms with E-state index in [0.717, 1.165) is 16.2 Å². The molecule has 0 aliphatic heterocycles. The molecule has 4 aromatic rings. The summed E-state index contributed by atoms with van der Waals surface area (Å²) in [5, 5.41) is 0. The Kier molecular flexibility index (Phi) is 6.64. The van der Waals surface area contributed by atoms with E-state index in [1.54, 1.807) is 7.11 Å². The predicted octanol–water partition coefficient (Wildman–Crippen LogP) is 4.48. The van der Waals surface area contributed by atoms with Gasteiger partial charge >= 0.3 is 12.6 Å². The Morgan fingerprint density at radius 2 is 1.79 bits per heavy atom. The molecule has 0 atom stereocenters. The van der Waals surface area contributed by atoms with Crippen molar-refractivity contribution in [2.24, 2.45) is 0 Å². The van der Waals surface area contributed by atoms with E-state index in [1.165, 1.54) is 46.5 Å².